The molecule has 0 aliphatic carbocycles. The zero-order valence-corrected chi connectivity index (χ0v) is 18.3. The molecule has 3 aromatic rings. The molecule has 0 radical (unpaired) electrons. The molecule has 0 fully saturated rings. The highest BCUT2D eigenvalue weighted by Crippen LogP contribution is 2.22. The van der Waals surface area contributed by atoms with Crippen LogP contribution in [0.4, 0.5) is 4.48 Å². The van der Waals surface area contributed by atoms with Crippen LogP contribution in [-0.4, -0.2) is 32.9 Å². The highest BCUT2D eigenvalue weighted by molar-refractivity contribution is 7.87. The maximum atomic E-state index is 14.2. The molecule has 1 amide bonds. The van der Waals surface area contributed by atoms with Crippen molar-refractivity contribution in [3.8, 4) is 11.5 Å². The second-order valence-corrected chi connectivity index (χ2v) is 8.36. The molecule has 0 heterocycles. The molecular weight excluding hydrogens is 435 g/mol. The first-order chi connectivity index (χ1) is 15.3. The molecular formula is C23H21FN2O5S. The normalized spacial score (nSPS) is 11.3. The molecule has 0 spiro atoms. The average molecular weight is 456 g/mol. The summed E-state index contributed by atoms with van der Waals surface area (Å²) in [4.78, 5) is 12.1. The fraction of sp³-hybridized carbons (Fsp3) is 0.130. The van der Waals surface area contributed by atoms with Crippen LogP contribution in [0.5, 0.6) is 11.5 Å². The third-order valence-electron chi connectivity index (χ3n) is 4.42. The van der Waals surface area contributed by atoms with Crippen LogP contribution in [0, 0.1) is 6.92 Å². The lowest BCUT2D eigenvalue weighted by molar-refractivity contribution is -0.145. The van der Waals surface area contributed by atoms with E-state index in [-0.39, 0.29) is 27.9 Å². The van der Waals surface area contributed by atoms with Gasteiger partial charge in [-0.1, -0.05) is 51.7 Å². The van der Waals surface area contributed by atoms with E-state index in [1.165, 1.54) is 31.4 Å². The maximum Gasteiger partial charge on any atom is 0.339 e. The number of para-hydroxylation sites is 1. The van der Waals surface area contributed by atoms with Crippen LogP contribution >= 0.6 is 0 Å². The van der Waals surface area contributed by atoms with Crippen LogP contribution in [0.25, 0.3) is 0 Å². The highest BCUT2D eigenvalue weighted by Gasteiger charge is 2.18. The van der Waals surface area contributed by atoms with Crippen LogP contribution < -0.4 is 8.92 Å². The van der Waals surface area contributed by atoms with E-state index in [1.54, 1.807) is 48.5 Å². The summed E-state index contributed by atoms with van der Waals surface area (Å²) in [5.41, 5.74) is 1.64. The van der Waals surface area contributed by atoms with Gasteiger partial charge in [0, 0.05) is 5.56 Å². The van der Waals surface area contributed by atoms with E-state index in [0.29, 0.717) is 11.3 Å². The summed E-state index contributed by atoms with van der Waals surface area (Å²) < 4.78 is 49.6. The molecule has 9 heteroatoms. The number of ether oxygens (including phenoxy) is 1. The first-order valence-corrected chi connectivity index (χ1v) is 10.9. The van der Waals surface area contributed by atoms with Crippen LogP contribution in [0.15, 0.2) is 82.8 Å². The Morgan fingerprint density at radius 1 is 1.06 bits per heavy atom. The maximum absolute atomic E-state index is 14.2. The topological polar surface area (TPSA) is 85.3 Å². The largest absolute Gasteiger partial charge is 0.497 e. The minimum atomic E-state index is -4.10. The standard InChI is InChI=1S/C23H21FN2O5S/c1-17-10-12-21(13-11-17)32(28,29)31-22-9-4-3-7-19(22)16-25-26(24)23(27)15-18-6-5-8-20(14-18)30-2/h3-14,16H,15H2,1-2H3/b25-16+. The summed E-state index contributed by atoms with van der Waals surface area (Å²) in [6, 6.07) is 18.9. The number of hydrogen-bond donors (Lipinski definition) is 0. The van der Waals surface area contributed by atoms with Crippen molar-refractivity contribution >= 4 is 22.2 Å². The molecule has 0 saturated heterocycles. The van der Waals surface area contributed by atoms with Crippen LogP contribution in [-0.2, 0) is 21.3 Å². The second-order valence-electron chi connectivity index (χ2n) is 6.82. The number of amides is 1. The Hall–Kier alpha value is -3.72. The zero-order valence-electron chi connectivity index (χ0n) is 17.4. The number of rotatable bonds is 8. The summed E-state index contributed by atoms with van der Waals surface area (Å²) in [5.74, 6) is -0.407. The van der Waals surface area contributed by atoms with Gasteiger partial charge in [-0.3, -0.25) is 4.79 Å². The molecule has 32 heavy (non-hydrogen) atoms. The van der Waals surface area contributed by atoms with E-state index < -0.39 is 16.0 Å². The minimum Gasteiger partial charge on any atom is -0.497 e. The molecule has 3 rings (SSSR count). The van der Waals surface area contributed by atoms with Gasteiger partial charge in [0.1, 0.15) is 10.6 Å². The number of aryl methyl sites for hydroxylation is 1. The number of methoxy groups -OCH3 is 1. The minimum absolute atomic E-state index is 0.0181. The predicted molar refractivity (Wildman–Crippen MR) is 118 cm³/mol. The van der Waals surface area contributed by atoms with Crippen molar-refractivity contribution in [2.75, 3.05) is 7.11 Å². The van der Waals surface area contributed by atoms with E-state index in [0.717, 1.165) is 11.8 Å². The lowest BCUT2D eigenvalue weighted by Crippen LogP contribution is -2.19. The van der Waals surface area contributed by atoms with Gasteiger partial charge < -0.3 is 8.92 Å². The lowest BCUT2D eigenvalue weighted by atomic mass is 10.1. The molecule has 0 aliphatic rings. The van der Waals surface area contributed by atoms with E-state index in [1.807, 2.05) is 6.92 Å². The molecule has 7 nitrogen and oxygen atoms in total. The summed E-state index contributed by atoms with van der Waals surface area (Å²) in [5, 5.41) is 3.19. The fourth-order valence-electron chi connectivity index (χ4n) is 2.73. The van der Waals surface area contributed by atoms with Gasteiger partial charge in [0.2, 0.25) is 0 Å². The number of carbonyl (C=O) groups is 1. The van der Waals surface area contributed by atoms with E-state index in [9.17, 15) is 17.7 Å². The lowest BCUT2D eigenvalue weighted by Gasteiger charge is -2.10. The average Bonchev–Trinajstić information content (AvgIpc) is 2.78. The number of carbonyl (C=O) groups excluding carboxylic acids is 1. The zero-order chi connectivity index (χ0) is 23.1. The SMILES string of the molecule is COc1cccc(CC(=O)N(F)/N=C/c2ccccc2OS(=O)(=O)c2ccc(C)cc2)c1. The molecule has 0 aliphatic heterocycles. The predicted octanol–water partition coefficient (Wildman–Crippen LogP) is 4.06. The summed E-state index contributed by atoms with van der Waals surface area (Å²) in [7, 11) is -2.61. The van der Waals surface area contributed by atoms with Crippen molar-refractivity contribution in [3.63, 3.8) is 0 Å². The Labute approximate surface area is 185 Å². The van der Waals surface area contributed by atoms with Crippen molar-refractivity contribution in [2.24, 2.45) is 5.10 Å². The smallest absolute Gasteiger partial charge is 0.339 e. The van der Waals surface area contributed by atoms with Gasteiger partial charge in [-0.2, -0.15) is 8.42 Å². The second kappa shape index (κ2) is 10.1. The van der Waals surface area contributed by atoms with Gasteiger partial charge in [0.15, 0.2) is 5.75 Å². The number of benzene rings is 3. The van der Waals surface area contributed by atoms with Gasteiger partial charge in [0.25, 0.3) is 5.91 Å². The Kier molecular flexibility index (Phi) is 7.21. The molecule has 0 saturated carbocycles. The molecule has 0 unspecified atom stereocenters. The van der Waals surface area contributed by atoms with Crippen LogP contribution in [0.1, 0.15) is 16.7 Å². The molecule has 3 aromatic carbocycles. The van der Waals surface area contributed by atoms with Gasteiger partial charge in [-0.15, -0.1) is 5.10 Å². The van der Waals surface area contributed by atoms with Crippen LogP contribution in [0.2, 0.25) is 0 Å². The summed E-state index contributed by atoms with van der Waals surface area (Å²) in [6.45, 7) is 1.83. The number of hydrazone groups is 1. The summed E-state index contributed by atoms with van der Waals surface area (Å²) >= 11 is 0. The highest BCUT2D eigenvalue weighted by atomic mass is 32.2. The number of nitrogens with zero attached hydrogens (tertiary/aromatic N) is 2. The van der Waals surface area contributed by atoms with Crippen molar-refractivity contribution in [2.45, 2.75) is 18.2 Å². The van der Waals surface area contributed by atoms with Gasteiger partial charge in [-0.25, -0.2) is 0 Å². The van der Waals surface area contributed by atoms with E-state index in [4.69, 9.17) is 8.92 Å². The van der Waals surface area contributed by atoms with Gasteiger partial charge >= 0.3 is 10.1 Å². The van der Waals surface area contributed by atoms with Crippen molar-refractivity contribution in [1.29, 1.82) is 0 Å². The van der Waals surface area contributed by atoms with Crippen molar-refractivity contribution in [3.05, 3.63) is 89.5 Å². The quantitative estimate of drug-likeness (QED) is 0.221. The first kappa shape index (κ1) is 23.0. The molecule has 0 bridgehead atoms. The number of hydrogen-bond acceptors (Lipinski definition) is 6. The third kappa shape index (κ3) is 5.92. The van der Waals surface area contributed by atoms with Crippen molar-refractivity contribution in [1.82, 2.24) is 5.23 Å². The molecule has 166 valence electrons. The van der Waals surface area contributed by atoms with Crippen LogP contribution in [0.3, 0.4) is 0 Å². The Balaban J connectivity index is 1.73. The Bertz CT molecular complexity index is 1230. The molecule has 0 atom stereocenters. The summed E-state index contributed by atoms with van der Waals surface area (Å²) in [6.07, 6.45) is 0.786. The van der Waals surface area contributed by atoms with E-state index in [2.05, 4.69) is 5.10 Å². The molecule has 0 aromatic heterocycles. The monoisotopic (exact) mass is 456 g/mol. The Morgan fingerprint density at radius 2 is 1.78 bits per heavy atom. The van der Waals surface area contributed by atoms with Gasteiger partial charge in [0.05, 0.1) is 19.7 Å². The van der Waals surface area contributed by atoms with E-state index >= 15 is 0 Å². The fourth-order valence-corrected chi connectivity index (χ4v) is 3.69. The van der Waals surface area contributed by atoms with Crippen molar-refractivity contribution < 1.29 is 26.6 Å². The van der Waals surface area contributed by atoms with Gasteiger partial charge in [-0.05, 0) is 48.9 Å². The third-order valence-corrected chi connectivity index (χ3v) is 5.67. The molecule has 0 N–H and O–H groups in total. The Morgan fingerprint density at radius 3 is 2.50 bits per heavy atom. The number of halogens is 1. The first-order valence-electron chi connectivity index (χ1n) is 9.54.